The molecule has 8 nitrogen and oxygen atoms in total. The van der Waals surface area contributed by atoms with E-state index in [2.05, 4.69) is 5.32 Å². The molecule has 1 aliphatic rings. The summed E-state index contributed by atoms with van der Waals surface area (Å²) in [4.78, 5) is 40.8. The maximum Gasteiger partial charge on any atom is 0.338 e. The Morgan fingerprint density at radius 2 is 2.00 bits per heavy atom. The van der Waals surface area contributed by atoms with E-state index in [1.165, 1.54) is 22.9 Å². The highest BCUT2D eigenvalue weighted by atomic mass is 32.2. The summed E-state index contributed by atoms with van der Waals surface area (Å²) in [6, 6.07) is 10.0. The van der Waals surface area contributed by atoms with Crippen LogP contribution in [0, 0.1) is 0 Å². The van der Waals surface area contributed by atoms with Crippen molar-refractivity contribution >= 4 is 57.8 Å². The number of hydrogen-bond acceptors (Lipinski definition) is 8. The van der Waals surface area contributed by atoms with E-state index < -0.39 is 5.97 Å². The predicted molar refractivity (Wildman–Crippen MR) is 132 cm³/mol. The van der Waals surface area contributed by atoms with Gasteiger partial charge in [0.05, 0.1) is 16.7 Å². The van der Waals surface area contributed by atoms with Gasteiger partial charge in [-0.1, -0.05) is 24.0 Å². The lowest BCUT2D eigenvalue weighted by Crippen LogP contribution is -2.29. The molecule has 2 aromatic rings. The molecule has 1 aliphatic heterocycles. The van der Waals surface area contributed by atoms with Crippen LogP contribution in [0.1, 0.15) is 29.0 Å². The lowest BCUT2D eigenvalue weighted by atomic mass is 10.2. The minimum atomic E-state index is -0.403. The first-order valence-electron chi connectivity index (χ1n) is 10.3. The molecule has 1 fully saturated rings. The summed E-state index contributed by atoms with van der Waals surface area (Å²) in [7, 11) is 3.80. The second-order valence-electron chi connectivity index (χ2n) is 7.52. The quantitative estimate of drug-likeness (QED) is 0.309. The molecule has 0 atom stereocenters. The SMILES string of the molecule is CN(C)CCOC(=O)c1ccc(NC(=O)CCCN2C(=O)/C(=C\c3ccco3)SC2=S)cc1. The number of hydrogen-bond donors (Lipinski definition) is 1. The molecule has 10 heteroatoms. The summed E-state index contributed by atoms with van der Waals surface area (Å²) in [6.45, 7) is 1.31. The number of thiocarbonyl (C=S) groups is 1. The highest BCUT2D eigenvalue weighted by molar-refractivity contribution is 8.26. The average Bonchev–Trinajstić information content (AvgIpc) is 3.37. The zero-order valence-electron chi connectivity index (χ0n) is 18.4. The molecule has 2 heterocycles. The number of benzene rings is 1. The molecule has 1 saturated heterocycles. The van der Waals surface area contributed by atoms with Crippen molar-refractivity contribution in [2.45, 2.75) is 12.8 Å². The third-order valence-electron chi connectivity index (χ3n) is 4.65. The van der Waals surface area contributed by atoms with Crippen LogP contribution in [0.4, 0.5) is 5.69 Å². The number of nitrogens with one attached hydrogen (secondary N) is 1. The zero-order valence-corrected chi connectivity index (χ0v) is 20.0. The lowest BCUT2D eigenvalue weighted by molar-refractivity contribution is -0.122. The number of nitrogens with zero attached hydrogens (tertiary/aromatic N) is 2. The van der Waals surface area contributed by atoms with Gasteiger partial charge in [0.2, 0.25) is 5.91 Å². The van der Waals surface area contributed by atoms with Gasteiger partial charge in [0.1, 0.15) is 16.7 Å². The second kappa shape index (κ2) is 11.8. The maximum atomic E-state index is 12.6. The van der Waals surface area contributed by atoms with Crippen molar-refractivity contribution in [1.82, 2.24) is 9.80 Å². The van der Waals surface area contributed by atoms with Crippen molar-refractivity contribution in [3.63, 3.8) is 0 Å². The Kier molecular flexibility index (Phi) is 8.81. The van der Waals surface area contributed by atoms with Crippen molar-refractivity contribution in [3.05, 3.63) is 58.9 Å². The number of likely N-dealkylation sites (N-methyl/N-ethyl adjacent to an activating group) is 1. The molecule has 0 saturated carbocycles. The van der Waals surface area contributed by atoms with Gasteiger partial charge in [-0.15, -0.1) is 0 Å². The summed E-state index contributed by atoms with van der Waals surface area (Å²) >= 11 is 6.52. The average molecular weight is 488 g/mol. The Morgan fingerprint density at radius 1 is 1.24 bits per heavy atom. The van der Waals surface area contributed by atoms with Gasteiger partial charge in [0, 0.05) is 31.3 Å². The highest BCUT2D eigenvalue weighted by Crippen LogP contribution is 2.32. The van der Waals surface area contributed by atoms with Crippen LogP contribution >= 0.6 is 24.0 Å². The Labute approximate surface area is 201 Å². The normalized spacial score (nSPS) is 14.9. The molecule has 1 N–H and O–H groups in total. The van der Waals surface area contributed by atoms with E-state index in [0.29, 0.717) is 52.4 Å². The van der Waals surface area contributed by atoms with Crippen LogP contribution in [0.15, 0.2) is 52.0 Å². The number of carbonyl (C=O) groups excluding carboxylic acids is 3. The Bertz CT molecular complexity index is 1030. The number of thioether (sulfide) groups is 1. The number of esters is 1. The number of rotatable bonds is 10. The minimum absolute atomic E-state index is 0.185. The van der Waals surface area contributed by atoms with Gasteiger partial charge in [0.25, 0.3) is 5.91 Å². The van der Waals surface area contributed by atoms with E-state index in [9.17, 15) is 14.4 Å². The standard InChI is InChI=1S/C23H25N3O5S2/c1-25(2)12-14-31-22(29)16-7-9-17(10-8-16)24-20(27)6-3-11-26-21(28)19(33-23(26)32)15-18-5-4-13-30-18/h4-5,7-10,13,15H,3,6,11-12,14H2,1-2H3,(H,24,27)/b19-15+. The number of furan rings is 1. The van der Waals surface area contributed by atoms with Crippen LogP contribution in [-0.2, 0) is 14.3 Å². The van der Waals surface area contributed by atoms with Crippen molar-refractivity contribution < 1.29 is 23.5 Å². The van der Waals surface area contributed by atoms with Crippen molar-refractivity contribution in [2.24, 2.45) is 0 Å². The molecule has 1 aromatic heterocycles. The molecule has 33 heavy (non-hydrogen) atoms. The molecule has 174 valence electrons. The van der Waals surface area contributed by atoms with Gasteiger partial charge in [-0.3, -0.25) is 14.5 Å². The monoisotopic (exact) mass is 487 g/mol. The van der Waals surface area contributed by atoms with Crippen LogP contribution in [0.2, 0.25) is 0 Å². The minimum Gasteiger partial charge on any atom is -0.465 e. The fourth-order valence-corrected chi connectivity index (χ4v) is 4.20. The molecule has 0 bridgehead atoms. The zero-order chi connectivity index (χ0) is 23.8. The van der Waals surface area contributed by atoms with Gasteiger partial charge in [-0.2, -0.15) is 0 Å². The number of ether oxygens (including phenoxy) is 1. The van der Waals surface area contributed by atoms with Crippen molar-refractivity contribution in [2.75, 3.05) is 39.1 Å². The summed E-state index contributed by atoms with van der Waals surface area (Å²) in [5, 5.41) is 2.79. The van der Waals surface area contributed by atoms with E-state index in [0.717, 1.165) is 0 Å². The van der Waals surface area contributed by atoms with Gasteiger partial charge in [-0.25, -0.2) is 4.79 Å². The fraction of sp³-hybridized carbons (Fsp3) is 0.304. The highest BCUT2D eigenvalue weighted by Gasteiger charge is 2.31. The van der Waals surface area contributed by atoms with E-state index >= 15 is 0 Å². The van der Waals surface area contributed by atoms with Crippen LogP contribution in [-0.4, -0.2) is 65.7 Å². The van der Waals surface area contributed by atoms with Crippen molar-refractivity contribution in [3.8, 4) is 0 Å². The van der Waals surface area contributed by atoms with Gasteiger partial charge < -0.3 is 19.4 Å². The van der Waals surface area contributed by atoms with E-state index in [4.69, 9.17) is 21.4 Å². The molecular weight excluding hydrogens is 462 g/mol. The van der Waals surface area contributed by atoms with E-state index in [1.54, 1.807) is 42.5 Å². The van der Waals surface area contributed by atoms with Crippen LogP contribution in [0.5, 0.6) is 0 Å². The first-order chi connectivity index (χ1) is 15.8. The van der Waals surface area contributed by atoms with Gasteiger partial charge >= 0.3 is 5.97 Å². The molecule has 0 unspecified atom stereocenters. The third kappa shape index (κ3) is 7.28. The lowest BCUT2D eigenvalue weighted by Gasteiger charge is -2.14. The topological polar surface area (TPSA) is 92.1 Å². The molecule has 0 aliphatic carbocycles. The maximum absolute atomic E-state index is 12.6. The van der Waals surface area contributed by atoms with Crippen LogP contribution < -0.4 is 5.32 Å². The smallest absolute Gasteiger partial charge is 0.338 e. The molecule has 0 radical (unpaired) electrons. The summed E-state index contributed by atoms with van der Waals surface area (Å²) < 4.78 is 10.9. The summed E-state index contributed by atoms with van der Waals surface area (Å²) in [5.74, 6) is -0.190. The third-order valence-corrected chi connectivity index (χ3v) is 6.03. The first-order valence-corrected chi connectivity index (χ1v) is 11.6. The molecule has 0 spiro atoms. The number of anilines is 1. The molecular formula is C23H25N3O5S2. The first kappa shape index (κ1) is 24.7. The van der Waals surface area contributed by atoms with E-state index in [1.807, 2.05) is 19.0 Å². The largest absolute Gasteiger partial charge is 0.465 e. The van der Waals surface area contributed by atoms with Gasteiger partial charge in [0.15, 0.2) is 0 Å². The summed E-state index contributed by atoms with van der Waals surface area (Å²) in [5.41, 5.74) is 1.00. The molecule has 1 aromatic carbocycles. The summed E-state index contributed by atoms with van der Waals surface area (Å²) in [6.07, 6.45) is 3.88. The number of amides is 2. The molecule has 2 amide bonds. The second-order valence-corrected chi connectivity index (χ2v) is 9.19. The Hall–Kier alpha value is -2.95. The van der Waals surface area contributed by atoms with Crippen molar-refractivity contribution in [1.29, 1.82) is 0 Å². The number of carbonyl (C=O) groups is 3. The molecule has 3 rings (SSSR count). The van der Waals surface area contributed by atoms with Gasteiger partial charge in [-0.05, 0) is 56.9 Å². The van der Waals surface area contributed by atoms with Crippen LogP contribution in [0.25, 0.3) is 6.08 Å². The van der Waals surface area contributed by atoms with Crippen LogP contribution in [0.3, 0.4) is 0 Å². The fourth-order valence-electron chi connectivity index (χ4n) is 2.91. The van der Waals surface area contributed by atoms with E-state index in [-0.39, 0.29) is 18.2 Å². The Morgan fingerprint density at radius 3 is 2.67 bits per heavy atom. The predicted octanol–water partition coefficient (Wildman–Crippen LogP) is 3.62. The Balaban J connectivity index is 1.43.